The Balaban J connectivity index is 1.68. The number of nitrogen functional groups attached to an aromatic ring is 1. The minimum absolute atomic E-state index is 0.189. The van der Waals surface area contributed by atoms with Crippen molar-refractivity contribution in [2.24, 2.45) is 0 Å². The van der Waals surface area contributed by atoms with Gasteiger partial charge >= 0.3 is 6.18 Å². The number of rotatable bonds is 3. The van der Waals surface area contributed by atoms with Crippen molar-refractivity contribution in [2.45, 2.75) is 13.1 Å². The number of amides is 1. The number of hydrogen-bond donors (Lipinski definition) is 2. The molecule has 3 N–H and O–H groups in total. The molecule has 0 fully saturated rings. The third kappa shape index (κ3) is 3.54. The Morgan fingerprint density at radius 3 is 2.67 bits per heavy atom. The molecular weight excluding hydrogens is 397 g/mol. The van der Waals surface area contributed by atoms with E-state index < -0.39 is 17.6 Å². The van der Waals surface area contributed by atoms with Crippen molar-refractivity contribution in [2.75, 3.05) is 11.1 Å². The summed E-state index contributed by atoms with van der Waals surface area (Å²) in [7, 11) is 0. The highest BCUT2D eigenvalue weighted by atomic mass is 19.4. The SMILES string of the molecule is Cc1ccc(C(=O)Nc2cc(C(F)(F)F)ccn2)cc1-c1cnc2c(N)nccn12. The van der Waals surface area contributed by atoms with Crippen molar-refractivity contribution in [1.82, 2.24) is 19.4 Å². The summed E-state index contributed by atoms with van der Waals surface area (Å²) in [6.45, 7) is 1.87. The van der Waals surface area contributed by atoms with Crippen molar-refractivity contribution in [3.63, 3.8) is 0 Å². The largest absolute Gasteiger partial charge is 0.416 e. The number of nitrogens with one attached hydrogen (secondary N) is 1. The molecule has 0 unspecified atom stereocenters. The van der Waals surface area contributed by atoms with E-state index in [0.29, 0.717) is 11.3 Å². The summed E-state index contributed by atoms with van der Waals surface area (Å²) in [4.78, 5) is 24.7. The number of pyridine rings is 1. The highest BCUT2D eigenvalue weighted by molar-refractivity contribution is 6.04. The number of benzene rings is 1. The molecule has 0 saturated heterocycles. The lowest BCUT2D eigenvalue weighted by atomic mass is 10.0. The third-order valence-electron chi connectivity index (χ3n) is 4.56. The average Bonchev–Trinajstić information content (AvgIpc) is 3.13. The molecule has 4 rings (SSSR count). The molecule has 3 aromatic heterocycles. The van der Waals surface area contributed by atoms with E-state index in [2.05, 4.69) is 20.3 Å². The first-order valence-electron chi connectivity index (χ1n) is 8.77. The molecule has 0 atom stereocenters. The molecule has 0 saturated carbocycles. The fourth-order valence-corrected chi connectivity index (χ4v) is 3.04. The van der Waals surface area contributed by atoms with E-state index in [1.165, 1.54) is 0 Å². The number of carbonyl (C=O) groups is 1. The summed E-state index contributed by atoms with van der Waals surface area (Å²) < 4.78 is 40.4. The number of anilines is 2. The van der Waals surface area contributed by atoms with Gasteiger partial charge in [0.05, 0.1) is 17.5 Å². The molecule has 3 heterocycles. The number of imidazole rings is 1. The quantitative estimate of drug-likeness (QED) is 0.531. The number of hydrogen-bond acceptors (Lipinski definition) is 5. The van der Waals surface area contributed by atoms with Gasteiger partial charge in [0.25, 0.3) is 5.91 Å². The molecule has 30 heavy (non-hydrogen) atoms. The Kier molecular flexibility index (Phi) is 4.61. The smallest absolute Gasteiger partial charge is 0.381 e. The molecule has 152 valence electrons. The van der Waals surface area contributed by atoms with Crippen LogP contribution in [0.25, 0.3) is 16.9 Å². The van der Waals surface area contributed by atoms with Crippen LogP contribution in [0.5, 0.6) is 0 Å². The lowest BCUT2D eigenvalue weighted by Crippen LogP contribution is -2.14. The number of nitrogens with two attached hydrogens (primary N) is 1. The van der Waals surface area contributed by atoms with E-state index in [1.807, 2.05) is 6.92 Å². The molecule has 1 aromatic carbocycles. The molecule has 0 spiro atoms. The monoisotopic (exact) mass is 412 g/mol. The summed E-state index contributed by atoms with van der Waals surface area (Å²) in [6.07, 6.45) is 1.33. The van der Waals surface area contributed by atoms with Gasteiger partial charge in [-0.1, -0.05) is 6.07 Å². The number of carbonyl (C=O) groups excluding carboxylic acids is 1. The normalized spacial score (nSPS) is 11.6. The van der Waals surface area contributed by atoms with Crippen molar-refractivity contribution in [3.05, 3.63) is 71.8 Å². The van der Waals surface area contributed by atoms with E-state index in [4.69, 9.17) is 5.73 Å². The number of aryl methyl sites for hydroxylation is 1. The van der Waals surface area contributed by atoms with Crippen LogP contribution in [-0.2, 0) is 6.18 Å². The number of alkyl halides is 3. The summed E-state index contributed by atoms with van der Waals surface area (Å²) >= 11 is 0. The second-order valence-corrected chi connectivity index (χ2v) is 6.56. The molecule has 7 nitrogen and oxygen atoms in total. The van der Waals surface area contributed by atoms with Crippen LogP contribution in [-0.4, -0.2) is 25.3 Å². The lowest BCUT2D eigenvalue weighted by molar-refractivity contribution is -0.137. The molecule has 0 bridgehead atoms. The number of fused-ring (bicyclic) bond motifs is 1. The molecule has 4 aromatic rings. The van der Waals surface area contributed by atoms with Crippen LogP contribution in [0.3, 0.4) is 0 Å². The first-order chi connectivity index (χ1) is 14.2. The second-order valence-electron chi connectivity index (χ2n) is 6.56. The topological polar surface area (TPSA) is 98.2 Å². The Bertz CT molecular complexity index is 1270. The Hall–Kier alpha value is -3.95. The van der Waals surface area contributed by atoms with Crippen molar-refractivity contribution in [1.29, 1.82) is 0 Å². The zero-order valence-electron chi connectivity index (χ0n) is 15.6. The van der Waals surface area contributed by atoms with E-state index in [1.54, 1.807) is 41.2 Å². The average molecular weight is 412 g/mol. The maximum Gasteiger partial charge on any atom is 0.416 e. The van der Waals surface area contributed by atoms with Crippen LogP contribution in [0.1, 0.15) is 21.5 Å². The van der Waals surface area contributed by atoms with Crippen molar-refractivity contribution >= 4 is 23.2 Å². The van der Waals surface area contributed by atoms with Gasteiger partial charge in [-0.3, -0.25) is 9.20 Å². The first kappa shape index (κ1) is 19.4. The van der Waals surface area contributed by atoms with Crippen molar-refractivity contribution in [3.8, 4) is 11.3 Å². The Morgan fingerprint density at radius 1 is 1.10 bits per heavy atom. The van der Waals surface area contributed by atoms with Gasteiger partial charge in [-0.05, 0) is 36.8 Å². The van der Waals surface area contributed by atoms with Crippen LogP contribution in [0.4, 0.5) is 24.8 Å². The minimum Gasteiger partial charge on any atom is -0.381 e. The standard InChI is InChI=1S/C20H15F3N6O/c1-11-2-3-12(19(30)28-16-9-13(4-5-25-16)20(21,22)23)8-14(11)15-10-27-18-17(24)26-6-7-29(15)18/h2-10H,1H3,(H2,24,26)(H,25,28,30). The van der Waals surface area contributed by atoms with Gasteiger partial charge in [0.2, 0.25) is 0 Å². The van der Waals surface area contributed by atoms with Gasteiger partial charge in [-0.15, -0.1) is 0 Å². The zero-order valence-corrected chi connectivity index (χ0v) is 15.6. The Morgan fingerprint density at radius 2 is 1.90 bits per heavy atom. The molecule has 0 aliphatic rings. The van der Waals surface area contributed by atoms with Crippen LogP contribution in [0.15, 0.2) is 55.1 Å². The fourth-order valence-electron chi connectivity index (χ4n) is 3.04. The van der Waals surface area contributed by atoms with E-state index in [-0.39, 0.29) is 17.2 Å². The van der Waals surface area contributed by atoms with Crippen LogP contribution >= 0.6 is 0 Å². The summed E-state index contributed by atoms with van der Waals surface area (Å²) in [5.74, 6) is -0.505. The van der Waals surface area contributed by atoms with Gasteiger partial charge in [0.15, 0.2) is 11.5 Å². The lowest BCUT2D eigenvalue weighted by Gasteiger charge is -2.11. The number of nitrogens with zero attached hydrogens (tertiary/aromatic N) is 4. The first-order valence-corrected chi connectivity index (χ1v) is 8.77. The van der Waals surface area contributed by atoms with Gasteiger partial charge in [-0.25, -0.2) is 15.0 Å². The molecule has 1 amide bonds. The molecule has 0 radical (unpaired) electrons. The third-order valence-corrected chi connectivity index (χ3v) is 4.56. The number of halogens is 3. The van der Waals surface area contributed by atoms with Crippen LogP contribution in [0, 0.1) is 6.92 Å². The van der Waals surface area contributed by atoms with Gasteiger partial charge in [0, 0.05) is 29.7 Å². The van der Waals surface area contributed by atoms with E-state index in [0.717, 1.165) is 29.5 Å². The number of aromatic nitrogens is 4. The molecule has 0 aliphatic heterocycles. The molecule has 10 heteroatoms. The van der Waals surface area contributed by atoms with Gasteiger partial charge in [-0.2, -0.15) is 13.2 Å². The van der Waals surface area contributed by atoms with Crippen molar-refractivity contribution < 1.29 is 18.0 Å². The van der Waals surface area contributed by atoms with Gasteiger partial charge < -0.3 is 11.1 Å². The van der Waals surface area contributed by atoms with E-state index in [9.17, 15) is 18.0 Å². The van der Waals surface area contributed by atoms with Gasteiger partial charge in [0.1, 0.15) is 5.82 Å². The van der Waals surface area contributed by atoms with E-state index >= 15 is 0 Å². The maximum atomic E-state index is 12.9. The zero-order chi connectivity index (χ0) is 21.5. The highest BCUT2D eigenvalue weighted by Gasteiger charge is 2.30. The second kappa shape index (κ2) is 7.14. The van der Waals surface area contributed by atoms with Crippen LogP contribution < -0.4 is 11.1 Å². The highest BCUT2D eigenvalue weighted by Crippen LogP contribution is 2.30. The summed E-state index contributed by atoms with van der Waals surface area (Å²) in [5, 5.41) is 2.41. The van der Waals surface area contributed by atoms with Crippen LogP contribution in [0.2, 0.25) is 0 Å². The summed E-state index contributed by atoms with van der Waals surface area (Å²) in [6, 6.07) is 6.59. The summed E-state index contributed by atoms with van der Waals surface area (Å²) in [5.41, 5.74) is 7.98. The molecular formula is C20H15F3N6O. The molecule has 0 aliphatic carbocycles. The minimum atomic E-state index is -4.53. The predicted octanol–water partition coefficient (Wildman–Crippen LogP) is 3.95. The fraction of sp³-hybridized carbons (Fsp3) is 0.100. The Labute approximate surface area is 168 Å². The predicted molar refractivity (Wildman–Crippen MR) is 105 cm³/mol. The maximum absolute atomic E-state index is 12.9.